The molecule has 7 heteroatoms. The van der Waals surface area contributed by atoms with Crippen LogP contribution in [0, 0.1) is 5.92 Å². The lowest BCUT2D eigenvalue weighted by Crippen LogP contribution is -2.49. The summed E-state index contributed by atoms with van der Waals surface area (Å²) in [5.74, 6) is 0.464. The Hall–Kier alpha value is -1.02. The molecule has 1 aromatic rings. The van der Waals surface area contributed by atoms with Crippen LogP contribution in [0.1, 0.15) is 25.7 Å². The van der Waals surface area contributed by atoms with Crippen LogP contribution in [0.15, 0.2) is 29.4 Å². The molecule has 0 aliphatic carbocycles. The molecule has 0 amide bonds. The number of piperidine rings is 1. The molecule has 0 saturated carbocycles. The average Bonchev–Trinajstić information content (AvgIpc) is 2.96. The molecule has 0 radical (unpaired) electrons. The highest BCUT2D eigenvalue weighted by Gasteiger charge is 2.47. The molecule has 1 spiro atoms. The number of nitrogens with zero attached hydrogens (tertiary/aromatic N) is 2. The summed E-state index contributed by atoms with van der Waals surface area (Å²) in [6.07, 6.45) is 6.51. The summed E-state index contributed by atoms with van der Waals surface area (Å²) >= 11 is 0. The Morgan fingerprint density at radius 3 is 2.87 bits per heavy atom. The van der Waals surface area contributed by atoms with E-state index in [1.165, 1.54) is 6.20 Å². The van der Waals surface area contributed by atoms with Crippen molar-refractivity contribution in [1.82, 2.24) is 9.29 Å². The summed E-state index contributed by atoms with van der Waals surface area (Å²) in [7, 11) is -1.74. The third-order valence-electron chi connectivity index (χ3n) is 5.11. The Morgan fingerprint density at radius 1 is 1.43 bits per heavy atom. The van der Waals surface area contributed by atoms with Gasteiger partial charge in [-0.05, 0) is 43.7 Å². The summed E-state index contributed by atoms with van der Waals surface area (Å²) in [6.45, 7) is 2.50. The first kappa shape index (κ1) is 16.8. The van der Waals surface area contributed by atoms with Gasteiger partial charge >= 0.3 is 0 Å². The van der Waals surface area contributed by atoms with Crippen LogP contribution in [-0.4, -0.2) is 56.7 Å². The van der Waals surface area contributed by atoms with Crippen LogP contribution in [0.25, 0.3) is 0 Å². The fourth-order valence-electron chi connectivity index (χ4n) is 3.76. The predicted octanol–water partition coefficient (Wildman–Crippen LogP) is 1.68. The molecule has 2 fully saturated rings. The summed E-state index contributed by atoms with van der Waals surface area (Å²) in [5, 5.41) is 0. The smallest absolute Gasteiger partial charge is 0.244 e. The molecule has 23 heavy (non-hydrogen) atoms. The van der Waals surface area contributed by atoms with Crippen molar-refractivity contribution in [3.63, 3.8) is 0 Å². The Labute approximate surface area is 137 Å². The molecule has 0 bridgehead atoms. The summed E-state index contributed by atoms with van der Waals surface area (Å²) < 4.78 is 38.2. The quantitative estimate of drug-likeness (QED) is 0.816. The number of hydrogen-bond donors (Lipinski definition) is 0. The number of pyridine rings is 1. The van der Waals surface area contributed by atoms with E-state index >= 15 is 0 Å². The highest BCUT2D eigenvalue weighted by molar-refractivity contribution is 7.89. The topological polar surface area (TPSA) is 68.7 Å². The van der Waals surface area contributed by atoms with Gasteiger partial charge in [-0.1, -0.05) is 0 Å². The van der Waals surface area contributed by atoms with E-state index in [2.05, 4.69) is 4.98 Å². The van der Waals surface area contributed by atoms with Gasteiger partial charge in [-0.3, -0.25) is 4.98 Å². The maximum Gasteiger partial charge on any atom is 0.244 e. The molecular weight excluding hydrogens is 316 g/mol. The van der Waals surface area contributed by atoms with E-state index in [4.69, 9.17) is 9.47 Å². The molecule has 0 aromatic carbocycles. The van der Waals surface area contributed by atoms with Gasteiger partial charge < -0.3 is 9.47 Å². The normalized spacial score (nSPS) is 25.0. The van der Waals surface area contributed by atoms with Crippen LogP contribution >= 0.6 is 0 Å². The van der Waals surface area contributed by atoms with Crippen molar-refractivity contribution in [1.29, 1.82) is 0 Å². The van der Waals surface area contributed by atoms with Crippen LogP contribution in [0.3, 0.4) is 0 Å². The highest BCUT2D eigenvalue weighted by Crippen LogP contribution is 2.43. The number of methoxy groups -OCH3 is 1. The minimum Gasteiger partial charge on any atom is -0.385 e. The standard InChI is InChI=1S/C16H24N2O4S/c1-21-11-4-14-5-12-22-16(14)6-9-18(10-7-16)23(19,20)15-3-2-8-17-13-15/h2-3,8,13-14H,4-7,9-12H2,1H3/t14-/m1/s1. The van der Waals surface area contributed by atoms with E-state index in [0.717, 1.165) is 38.9 Å². The zero-order valence-corrected chi connectivity index (χ0v) is 14.3. The molecule has 0 unspecified atom stereocenters. The maximum absolute atomic E-state index is 12.7. The van der Waals surface area contributed by atoms with Crippen molar-refractivity contribution >= 4 is 10.0 Å². The van der Waals surface area contributed by atoms with Crippen LogP contribution in [0.4, 0.5) is 0 Å². The van der Waals surface area contributed by atoms with Crippen molar-refractivity contribution in [3.8, 4) is 0 Å². The lowest BCUT2D eigenvalue weighted by Gasteiger charge is -2.41. The molecule has 0 N–H and O–H groups in total. The van der Waals surface area contributed by atoms with Gasteiger partial charge in [0.05, 0.1) is 5.60 Å². The lowest BCUT2D eigenvalue weighted by molar-refractivity contribution is -0.0603. The predicted molar refractivity (Wildman–Crippen MR) is 85.5 cm³/mol. The third kappa shape index (κ3) is 3.28. The van der Waals surface area contributed by atoms with Crippen molar-refractivity contribution in [3.05, 3.63) is 24.5 Å². The molecule has 1 atom stereocenters. The minimum absolute atomic E-state index is 0.167. The van der Waals surface area contributed by atoms with Gasteiger partial charge in [0.1, 0.15) is 4.90 Å². The van der Waals surface area contributed by atoms with Gasteiger partial charge in [-0.15, -0.1) is 0 Å². The molecule has 128 valence electrons. The Balaban J connectivity index is 1.68. The van der Waals surface area contributed by atoms with Crippen molar-refractivity contribution in [2.24, 2.45) is 5.92 Å². The molecule has 3 rings (SSSR count). The molecule has 1 aromatic heterocycles. The van der Waals surface area contributed by atoms with Gasteiger partial charge in [0.25, 0.3) is 0 Å². The molecule has 2 aliphatic heterocycles. The Morgan fingerprint density at radius 2 is 2.22 bits per heavy atom. The second kappa shape index (κ2) is 6.84. The van der Waals surface area contributed by atoms with Gasteiger partial charge in [0, 0.05) is 45.8 Å². The van der Waals surface area contributed by atoms with Gasteiger partial charge in [-0.25, -0.2) is 8.42 Å². The number of ether oxygens (including phenoxy) is 2. The zero-order chi connectivity index (χ0) is 16.3. The zero-order valence-electron chi connectivity index (χ0n) is 13.5. The monoisotopic (exact) mass is 340 g/mol. The van der Waals surface area contributed by atoms with E-state index in [1.54, 1.807) is 29.7 Å². The average molecular weight is 340 g/mol. The molecular formula is C16H24N2O4S. The van der Waals surface area contributed by atoms with Gasteiger partial charge in [-0.2, -0.15) is 4.31 Å². The SMILES string of the molecule is COCC[C@@H]1CCOC12CCN(S(=O)(=O)c1cccnc1)CC2. The van der Waals surface area contributed by atoms with Crippen LogP contribution in [0.5, 0.6) is 0 Å². The molecule has 3 heterocycles. The second-order valence-electron chi connectivity index (χ2n) is 6.27. The van der Waals surface area contributed by atoms with E-state index < -0.39 is 10.0 Å². The second-order valence-corrected chi connectivity index (χ2v) is 8.21. The number of sulfonamides is 1. The summed E-state index contributed by atoms with van der Waals surface area (Å²) in [5.41, 5.74) is -0.167. The van der Waals surface area contributed by atoms with E-state index in [9.17, 15) is 8.42 Å². The molecule has 6 nitrogen and oxygen atoms in total. The maximum atomic E-state index is 12.7. The highest BCUT2D eigenvalue weighted by atomic mass is 32.2. The Kier molecular flexibility index (Phi) is 5.01. The first-order valence-corrected chi connectivity index (χ1v) is 9.55. The van der Waals surface area contributed by atoms with Crippen LogP contribution < -0.4 is 0 Å². The lowest BCUT2D eigenvalue weighted by atomic mass is 9.78. The first-order chi connectivity index (χ1) is 11.1. The number of rotatable bonds is 5. The fourth-order valence-corrected chi connectivity index (χ4v) is 5.17. The van der Waals surface area contributed by atoms with E-state index in [-0.39, 0.29) is 10.5 Å². The fraction of sp³-hybridized carbons (Fsp3) is 0.688. The minimum atomic E-state index is -3.45. The van der Waals surface area contributed by atoms with E-state index in [0.29, 0.717) is 19.0 Å². The third-order valence-corrected chi connectivity index (χ3v) is 6.99. The van der Waals surface area contributed by atoms with Crippen molar-refractivity contribution in [2.45, 2.75) is 36.2 Å². The van der Waals surface area contributed by atoms with Crippen molar-refractivity contribution in [2.75, 3.05) is 33.4 Å². The van der Waals surface area contributed by atoms with Crippen LogP contribution in [0.2, 0.25) is 0 Å². The Bertz CT molecular complexity index is 612. The number of hydrogen-bond acceptors (Lipinski definition) is 5. The molecule has 2 saturated heterocycles. The summed E-state index contributed by atoms with van der Waals surface area (Å²) in [4.78, 5) is 4.18. The van der Waals surface area contributed by atoms with Crippen LogP contribution in [-0.2, 0) is 19.5 Å². The van der Waals surface area contributed by atoms with Gasteiger partial charge in [0.2, 0.25) is 10.0 Å². The van der Waals surface area contributed by atoms with E-state index in [1.807, 2.05) is 0 Å². The first-order valence-electron chi connectivity index (χ1n) is 8.11. The van der Waals surface area contributed by atoms with Gasteiger partial charge in [0.15, 0.2) is 0 Å². The number of aromatic nitrogens is 1. The molecule has 2 aliphatic rings. The summed E-state index contributed by atoms with van der Waals surface area (Å²) in [6, 6.07) is 3.25. The largest absolute Gasteiger partial charge is 0.385 e. The van der Waals surface area contributed by atoms with Crippen molar-refractivity contribution < 1.29 is 17.9 Å².